The molecule has 0 bridgehead atoms. The van der Waals surface area contributed by atoms with Gasteiger partial charge in [-0.15, -0.1) is 0 Å². The molecule has 6 fully saturated rings. The first-order chi connectivity index (χ1) is 26.7. The van der Waals surface area contributed by atoms with Crippen molar-refractivity contribution in [2.24, 2.45) is 50.2 Å². The van der Waals surface area contributed by atoms with Crippen molar-refractivity contribution in [2.45, 2.75) is 160 Å². The SMILES string of the molecule is COC(=O)C1(C)CCC2(C(=O)O)CCC3(C)C(=CCC4C5(C)CCC(OC6OCC(OC7OC(CO)C(O)C(O)C7O)C(O)C6O)C(C)(CO)C5CCC43C)C2C1. The minimum atomic E-state index is -1.69. The molecule has 7 rings (SSSR count). The predicted octanol–water partition coefficient (Wildman–Crippen LogP) is 1.65. The molecule has 15 nitrogen and oxygen atoms in total. The standard InChI is InChI=1S/C42H66O15/c1-37(36(52)53-6)13-15-42(35(50)51)16-14-40(4)21(22(42)17-37)7-8-26-38(2)11-10-27(39(3,20-44)25(38)9-12-41(26,40)5)57-33-31(48)29(46)24(19-54-33)56-34-32(49)30(47)28(45)23(18-43)55-34/h7,22-34,43-49H,8-20H2,1-6H3,(H,50,51). The fourth-order valence-electron chi connectivity index (χ4n) is 13.6. The number of esters is 1. The molecule has 0 aromatic heterocycles. The van der Waals surface area contributed by atoms with Crippen LogP contribution in [0.4, 0.5) is 0 Å². The molecular formula is C42H66O15. The molecule has 7 aliphatic rings. The normalized spacial score (nSPS) is 53.6. The summed E-state index contributed by atoms with van der Waals surface area (Å²) < 4.78 is 28.8. The number of allylic oxidation sites excluding steroid dienone is 2. The molecule has 0 aromatic carbocycles. The van der Waals surface area contributed by atoms with Gasteiger partial charge in [-0.25, -0.2) is 0 Å². The maximum Gasteiger partial charge on any atom is 0.311 e. The lowest BCUT2D eigenvalue weighted by atomic mass is 9.33. The van der Waals surface area contributed by atoms with Gasteiger partial charge >= 0.3 is 11.9 Å². The van der Waals surface area contributed by atoms with E-state index in [1.165, 1.54) is 12.7 Å². The average Bonchev–Trinajstić information content (AvgIpc) is 3.18. The average molecular weight is 811 g/mol. The van der Waals surface area contributed by atoms with E-state index in [-0.39, 0.29) is 53.2 Å². The number of hydrogen-bond acceptors (Lipinski definition) is 14. The fraction of sp³-hybridized carbons (Fsp3) is 0.905. The molecule has 2 aliphatic heterocycles. The Bertz CT molecular complexity index is 1570. The quantitative estimate of drug-likeness (QED) is 0.0988. The van der Waals surface area contributed by atoms with Gasteiger partial charge in [0.25, 0.3) is 0 Å². The Balaban J connectivity index is 1.09. The van der Waals surface area contributed by atoms with Gasteiger partial charge in [-0.1, -0.05) is 39.3 Å². The molecule has 19 atom stereocenters. The molecule has 0 aromatic rings. The minimum Gasteiger partial charge on any atom is -0.481 e. The lowest BCUT2D eigenvalue weighted by Crippen LogP contribution is -2.67. The zero-order chi connectivity index (χ0) is 41.7. The second-order valence-electron chi connectivity index (χ2n) is 19.9. The van der Waals surface area contributed by atoms with E-state index in [0.717, 1.165) is 32.1 Å². The summed E-state index contributed by atoms with van der Waals surface area (Å²) >= 11 is 0. The second-order valence-corrected chi connectivity index (χ2v) is 19.9. The number of ether oxygens (including phenoxy) is 5. The van der Waals surface area contributed by atoms with E-state index in [1.807, 2.05) is 13.8 Å². The Morgan fingerprint density at radius 2 is 1.49 bits per heavy atom. The first-order valence-corrected chi connectivity index (χ1v) is 20.9. The molecule has 0 amide bonds. The number of carbonyl (C=O) groups excluding carboxylic acids is 1. The summed E-state index contributed by atoms with van der Waals surface area (Å²) in [7, 11) is 1.40. The van der Waals surface area contributed by atoms with Gasteiger partial charge in [0.15, 0.2) is 12.6 Å². The van der Waals surface area contributed by atoms with E-state index in [1.54, 1.807) is 0 Å². The van der Waals surface area contributed by atoms with Crippen molar-refractivity contribution >= 4 is 11.9 Å². The maximum absolute atomic E-state index is 13.1. The predicted molar refractivity (Wildman–Crippen MR) is 200 cm³/mol. The first kappa shape index (κ1) is 43.3. The van der Waals surface area contributed by atoms with Crippen molar-refractivity contribution < 1.29 is 74.1 Å². The molecule has 5 aliphatic carbocycles. The highest BCUT2D eigenvalue weighted by Gasteiger charge is 2.70. The van der Waals surface area contributed by atoms with E-state index in [2.05, 4.69) is 26.8 Å². The van der Waals surface area contributed by atoms with E-state index < -0.39 is 90.2 Å². The van der Waals surface area contributed by atoms with Gasteiger partial charge in [-0.2, -0.15) is 0 Å². The van der Waals surface area contributed by atoms with E-state index in [4.69, 9.17) is 23.7 Å². The summed E-state index contributed by atoms with van der Waals surface area (Å²) in [4.78, 5) is 26.2. The van der Waals surface area contributed by atoms with Crippen LogP contribution in [0.5, 0.6) is 0 Å². The van der Waals surface area contributed by atoms with Crippen molar-refractivity contribution in [1.82, 2.24) is 0 Å². The monoisotopic (exact) mass is 810 g/mol. The van der Waals surface area contributed by atoms with Crippen molar-refractivity contribution in [1.29, 1.82) is 0 Å². The summed E-state index contributed by atoms with van der Waals surface area (Å²) in [6.07, 6.45) is -5.10. The first-order valence-electron chi connectivity index (χ1n) is 20.9. The number of aliphatic hydroxyl groups excluding tert-OH is 7. The van der Waals surface area contributed by atoms with Crippen molar-refractivity contribution in [3.8, 4) is 0 Å². The van der Waals surface area contributed by atoms with Crippen molar-refractivity contribution in [3.05, 3.63) is 11.6 Å². The number of hydrogen-bond donors (Lipinski definition) is 8. The molecule has 2 saturated heterocycles. The lowest BCUT2D eigenvalue weighted by molar-refractivity contribution is -0.352. The van der Waals surface area contributed by atoms with Crippen LogP contribution >= 0.6 is 0 Å². The highest BCUT2D eigenvalue weighted by Crippen LogP contribution is 2.76. The Hall–Kier alpha value is -1.76. The third-order valence-corrected chi connectivity index (χ3v) is 17.5. The van der Waals surface area contributed by atoms with Crippen LogP contribution in [0.25, 0.3) is 0 Å². The van der Waals surface area contributed by atoms with Gasteiger partial charge in [0.1, 0.15) is 42.7 Å². The van der Waals surface area contributed by atoms with Gasteiger partial charge in [0.05, 0.1) is 43.9 Å². The maximum atomic E-state index is 13.1. The van der Waals surface area contributed by atoms with Crippen LogP contribution in [-0.2, 0) is 33.3 Å². The largest absolute Gasteiger partial charge is 0.481 e. The zero-order valence-electron chi connectivity index (χ0n) is 34.2. The number of carboxylic acid groups (broad SMARTS) is 1. The lowest BCUT2D eigenvalue weighted by Gasteiger charge is -2.71. The Kier molecular flexibility index (Phi) is 11.4. The zero-order valence-corrected chi connectivity index (χ0v) is 34.2. The summed E-state index contributed by atoms with van der Waals surface area (Å²) in [5.41, 5.74) is -1.94. The van der Waals surface area contributed by atoms with E-state index >= 15 is 0 Å². The molecule has 19 unspecified atom stereocenters. The Morgan fingerprint density at radius 1 is 0.807 bits per heavy atom. The summed E-state index contributed by atoms with van der Waals surface area (Å²) in [6, 6.07) is 0. The van der Waals surface area contributed by atoms with Gasteiger partial charge in [0.2, 0.25) is 0 Å². The third-order valence-electron chi connectivity index (χ3n) is 17.5. The summed E-state index contributed by atoms with van der Waals surface area (Å²) in [5.74, 6) is -1.10. The number of rotatable bonds is 8. The van der Waals surface area contributed by atoms with Gasteiger partial charge in [0, 0.05) is 5.41 Å². The summed E-state index contributed by atoms with van der Waals surface area (Å²) in [6.45, 7) is 9.90. The number of carbonyl (C=O) groups is 2. The van der Waals surface area contributed by atoms with Crippen LogP contribution in [0.15, 0.2) is 11.6 Å². The molecule has 0 radical (unpaired) electrons. The number of aliphatic hydroxyl groups is 7. The van der Waals surface area contributed by atoms with Crippen LogP contribution in [0.2, 0.25) is 0 Å². The van der Waals surface area contributed by atoms with Crippen LogP contribution in [0.3, 0.4) is 0 Å². The highest BCUT2D eigenvalue weighted by molar-refractivity contribution is 5.80. The van der Waals surface area contributed by atoms with Crippen LogP contribution in [0, 0.1) is 50.2 Å². The summed E-state index contributed by atoms with van der Waals surface area (Å²) in [5, 5.41) is 84.6. The topological polar surface area (TPSA) is 242 Å². The number of carboxylic acids is 1. The van der Waals surface area contributed by atoms with Gasteiger partial charge < -0.3 is 64.5 Å². The Labute approximate surface area is 334 Å². The number of fused-ring (bicyclic) bond motifs is 7. The van der Waals surface area contributed by atoms with Crippen molar-refractivity contribution in [3.63, 3.8) is 0 Å². The number of aliphatic carboxylic acids is 1. The van der Waals surface area contributed by atoms with E-state index in [0.29, 0.717) is 32.1 Å². The molecule has 324 valence electrons. The molecule has 0 spiro atoms. The smallest absolute Gasteiger partial charge is 0.311 e. The third kappa shape index (κ3) is 6.30. The molecule has 57 heavy (non-hydrogen) atoms. The van der Waals surface area contributed by atoms with Crippen LogP contribution in [0.1, 0.15) is 98.8 Å². The fourth-order valence-corrected chi connectivity index (χ4v) is 13.6. The Morgan fingerprint density at radius 3 is 2.14 bits per heavy atom. The van der Waals surface area contributed by atoms with Gasteiger partial charge in [-0.05, 0) is 105 Å². The van der Waals surface area contributed by atoms with Crippen molar-refractivity contribution in [2.75, 3.05) is 26.9 Å². The number of methoxy groups -OCH3 is 1. The van der Waals surface area contributed by atoms with Crippen LogP contribution < -0.4 is 0 Å². The van der Waals surface area contributed by atoms with E-state index in [9.17, 15) is 50.4 Å². The molecule has 4 saturated carbocycles. The molecule has 15 heteroatoms. The molecule has 8 N–H and O–H groups in total. The second kappa shape index (κ2) is 15.0. The highest BCUT2D eigenvalue weighted by atomic mass is 16.7. The van der Waals surface area contributed by atoms with Crippen LogP contribution in [-0.4, -0.2) is 141 Å². The molecular weight excluding hydrogens is 744 g/mol. The van der Waals surface area contributed by atoms with Gasteiger partial charge in [-0.3, -0.25) is 9.59 Å². The molecule has 2 heterocycles. The minimum absolute atomic E-state index is 0.0253.